The second kappa shape index (κ2) is 3.82. The van der Waals surface area contributed by atoms with E-state index in [2.05, 4.69) is 20.7 Å². The predicted octanol–water partition coefficient (Wildman–Crippen LogP) is -1.08. The maximum atomic E-state index is 11.1. The first-order chi connectivity index (χ1) is 5.70. The van der Waals surface area contributed by atoms with Crippen molar-refractivity contribution in [2.45, 2.75) is 13.0 Å². The van der Waals surface area contributed by atoms with E-state index in [-0.39, 0.29) is 18.1 Å². The van der Waals surface area contributed by atoms with Gasteiger partial charge in [-0.2, -0.15) is 15.4 Å². The largest absolute Gasteiger partial charge is 0.392 e. The number of aliphatic hydroxyl groups excluding tert-OH is 1. The number of aliphatic hydroxyl groups is 1. The summed E-state index contributed by atoms with van der Waals surface area (Å²) >= 11 is 0. The van der Waals surface area contributed by atoms with E-state index in [9.17, 15) is 4.79 Å². The van der Waals surface area contributed by atoms with Gasteiger partial charge in [0.1, 0.15) is 0 Å². The molecule has 1 aromatic rings. The fourth-order valence-electron chi connectivity index (χ4n) is 0.642. The zero-order chi connectivity index (χ0) is 8.97. The normalized spacial score (nSPS) is 12.5. The predicted molar refractivity (Wildman–Crippen MR) is 40.4 cm³/mol. The van der Waals surface area contributed by atoms with Crippen LogP contribution in [-0.2, 0) is 0 Å². The van der Waals surface area contributed by atoms with Crippen molar-refractivity contribution in [1.82, 2.24) is 20.7 Å². The van der Waals surface area contributed by atoms with Gasteiger partial charge in [-0.25, -0.2) is 0 Å². The SMILES string of the molecule is C[C@@H](O)CNC(=O)c1cn[nH]n1. The molecular formula is C6H10N4O2. The number of H-pyrrole nitrogens is 1. The van der Waals surface area contributed by atoms with Crippen LogP contribution >= 0.6 is 0 Å². The third-order valence-electron chi connectivity index (χ3n) is 1.21. The lowest BCUT2D eigenvalue weighted by Crippen LogP contribution is -2.30. The molecule has 1 heterocycles. The molecule has 6 nitrogen and oxygen atoms in total. The van der Waals surface area contributed by atoms with Crippen LogP contribution in [0.3, 0.4) is 0 Å². The van der Waals surface area contributed by atoms with Gasteiger partial charge in [-0.1, -0.05) is 0 Å². The second-order valence-electron chi connectivity index (χ2n) is 2.41. The van der Waals surface area contributed by atoms with Crippen LogP contribution in [0.5, 0.6) is 0 Å². The molecule has 0 radical (unpaired) electrons. The minimum absolute atomic E-state index is 0.214. The van der Waals surface area contributed by atoms with E-state index in [1.54, 1.807) is 6.92 Å². The molecule has 0 aliphatic rings. The number of carbonyl (C=O) groups is 1. The smallest absolute Gasteiger partial charge is 0.273 e. The lowest BCUT2D eigenvalue weighted by Gasteiger charge is -2.03. The highest BCUT2D eigenvalue weighted by atomic mass is 16.3. The number of hydrogen-bond donors (Lipinski definition) is 3. The molecule has 0 spiro atoms. The number of rotatable bonds is 3. The van der Waals surface area contributed by atoms with Crippen molar-refractivity contribution in [2.75, 3.05) is 6.54 Å². The molecule has 12 heavy (non-hydrogen) atoms. The first kappa shape index (κ1) is 8.66. The molecule has 6 heteroatoms. The van der Waals surface area contributed by atoms with E-state index in [0.29, 0.717) is 0 Å². The van der Waals surface area contributed by atoms with E-state index in [1.807, 2.05) is 0 Å². The fourth-order valence-corrected chi connectivity index (χ4v) is 0.642. The first-order valence-corrected chi connectivity index (χ1v) is 3.52. The number of hydrogen-bond acceptors (Lipinski definition) is 4. The van der Waals surface area contributed by atoms with Crippen molar-refractivity contribution in [3.05, 3.63) is 11.9 Å². The van der Waals surface area contributed by atoms with Crippen LogP contribution in [0.1, 0.15) is 17.4 Å². The Balaban J connectivity index is 2.40. The number of aromatic nitrogens is 3. The Morgan fingerprint density at radius 3 is 3.17 bits per heavy atom. The molecule has 0 aliphatic carbocycles. The number of amides is 1. The highest BCUT2D eigenvalue weighted by molar-refractivity contribution is 5.91. The molecule has 1 aromatic heterocycles. The average Bonchev–Trinajstić information content (AvgIpc) is 2.51. The van der Waals surface area contributed by atoms with Crippen molar-refractivity contribution in [3.63, 3.8) is 0 Å². The van der Waals surface area contributed by atoms with Crippen LogP contribution in [0.2, 0.25) is 0 Å². The minimum atomic E-state index is -0.555. The third kappa shape index (κ3) is 2.31. The van der Waals surface area contributed by atoms with E-state index in [1.165, 1.54) is 6.20 Å². The molecule has 66 valence electrons. The number of carbonyl (C=O) groups excluding carboxylic acids is 1. The summed E-state index contributed by atoms with van der Waals surface area (Å²) in [5, 5.41) is 20.7. The second-order valence-corrected chi connectivity index (χ2v) is 2.41. The Kier molecular flexibility index (Phi) is 2.76. The quantitative estimate of drug-likeness (QED) is 0.538. The monoisotopic (exact) mass is 170 g/mol. The van der Waals surface area contributed by atoms with Crippen LogP contribution < -0.4 is 5.32 Å². The standard InChI is InChI=1S/C6H10N4O2/c1-4(11)2-7-6(12)5-3-8-10-9-5/h3-4,11H,2H2,1H3,(H,7,12)(H,8,9,10)/t4-/m1/s1. The number of nitrogens with one attached hydrogen (secondary N) is 2. The Morgan fingerprint density at radius 1 is 1.92 bits per heavy atom. The lowest BCUT2D eigenvalue weighted by atomic mass is 10.4. The maximum Gasteiger partial charge on any atom is 0.273 e. The minimum Gasteiger partial charge on any atom is -0.392 e. The van der Waals surface area contributed by atoms with Crippen molar-refractivity contribution in [2.24, 2.45) is 0 Å². The lowest BCUT2D eigenvalue weighted by molar-refractivity contribution is 0.0919. The van der Waals surface area contributed by atoms with Crippen molar-refractivity contribution in [1.29, 1.82) is 0 Å². The third-order valence-corrected chi connectivity index (χ3v) is 1.21. The van der Waals surface area contributed by atoms with Crippen LogP contribution in [0.15, 0.2) is 6.20 Å². The van der Waals surface area contributed by atoms with Crippen LogP contribution in [-0.4, -0.2) is 39.1 Å². The van der Waals surface area contributed by atoms with Gasteiger partial charge in [-0.15, -0.1) is 0 Å². The summed E-state index contributed by atoms with van der Waals surface area (Å²) in [4.78, 5) is 11.1. The Hall–Kier alpha value is -1.43. The molecule has 3 N–H and O–H groups in total. The topological polar surface area (TPSA) is 90.9 Å². The van der Waals surface area contributed by atoms with E-state index < -0.39 is 6.10 Å². The van der Waals surface area contributed by atoms with Gasteiger partial charge >= 0.3 is 0 Å². The van der Waals surface area contributed by atoms with Crippen molar-refractivity contribution in [3.8, 4) is 0 Å². The van der Waals surface area contributed by atoms with Crippen LogP contribution in [0, 0.1) is 0 Å². The Bertz CT molecular complexity index is 244. The molecule has 0 aromatic carbocycles. The molecule has 0 aliphatic heterocycles. The van der Waals surface area contributed by atoms with E-state index in [4.69, 9.17) is 5.11 Å². The van der Waals surface area contributed by atoms with E-state index in [0.717, 1.165) is 0 Å². The van der Waals surface area contributed by atoms with E-state index >= 15 is 0 Å². The molecule has 0 bridgehead atoms. The van der Waals surface area contributed by atoms with Crippen molar-refractivity contribution < 1.29 is 9.90 Å². The van der Waals surface area contributed by atoms with Crippen LogP contribution in [0.25, 0.3) is 0 Å². The van der Waals surface area contributed by atoms with Gasteiger partial charge in [0.15, 0.2) is 5.69 Å². The summed E-state index contributed by atoms with van der Waals surface area (Å²) in [7, 11) is 0. The van der Waals surface area contributed by atoms with Gasteiger partial charge < -0.3 is 10.4 Å². The summed E-state index contributed by atoms with van der Waals surface area (Å²) < 4.78 is 0. The zero-order valence-electron chi connectivity index (χ0n) is 6.61. The fraction of sp³-hybridized carbons (Fsp3) is 0.500. The maximum absolute atomic E-state index is 11.1. The summed E-state index contributed by atoms with van der Waals surface area (Å²) in [6, 6.07) is 0. The van der Waals surface area contributed by atoms with Gasteiger partial charge in [0.05, 0.1) is 12.3 Å². The molecule has 1 rings (SSSR count). The van der Waals surface area contributed by atoms with Gasteiger partial charge in [0.25, 0.3) is 5.91 Å². The van der Waals surface area contributed by atoms with Gasteiger partial charge in [-0.05, 0) is 6.92 Å². The van der Waals surface area contributed by atoms with Crippen molar-refractivity contribution >= 4 is 5.91 Å². The average molecular weight is 170 g/mol. The van der Waals surface area contributed by atoms with Gasteiger partial charge in [0.2, 0.25) is 0 Å². The van der Waals surface area contributed by atoms with Crippen LogP contribution in [0.4, 0.5) is 0 Å². The zero-order valence-corrected chi connectivity index (χ0v) is 6.61. The highest BCUT2D eigenvalue weighted by Gasteiger charge is 2.07. The Labute approximate surface area is 69.0 Å². The molecule has 1 amide bonds. The first-order valence-electron chi connectivity index (χ1n) is 3.52. The molecule has 0 fully saturated rings. The summed E-state index contributed by atoms with van der Waals surface area (Å²) in [5.74, 6) is -0.343. The molecule has 0 unspecified atom stereocenters. The molecule has 0 saturated heterocycles. The summed E-state index contributed by atoms with van der Waals surface area (Å²) in [6.45, 7) is 1.80. The number of nitrogens with zero attached hydrogens (tertiary/aromatic N) is 2. The summed E-state index contributed by atoms with van der Waals surface area (Å²) in [5.41, 5.74) is 0.218. The Morgan fingerprint density at radius 2 is 2.67 bits per heavy atom. The highest BCUT2D eigenvalue weighted by Crippen LogP contribution is 1.87. The summed E-state index contributed by atoms with van der Waals surface area (Å²) in [6.07, 6.45) is 0.762. The molecule has 0 saturated carbocycles. The van der Waals surface area contributed by atoms with Gasteiger partial charge in [0, 0.05) is 6.54 Å². The number of aromatic amines is 1. The molecule has 1 atom stereocenters. The van der Waals surface area contributed by atoms with Gasteiger partial charge in [-0.3, -0.25) is 4.79 Å². The molecular weight excluding hydrogens is 160 g/mol.